The van der Waals surface area contributed by atoms with Crippen LogP contribution in [0.5, 0.6) is 5.75 Å². The van der Waals surface area contributed by atoms with Crippen LogP contribution in [0.2, 0.25) is 0 Å². The van der Waals surface area contributed by atoms with Crippen molar-refractivity contribution in [3.63, 3.8) is 0 Å². The molecule has 4 nitrogen and oxygen atoms in total. The van der Waals surface area contributed by atoms with Gasteiger partial charge >= 0.3 is 0 Å². The second-order valence-electron chi connectivity index (χ2n) is 4.90. The first-order valence-electron chi connectivity index (χ1n) is 6.62. The van der Waals surface area contributed by atoms with E-state index in [-0.39, 0.29) is 21.6 Å². The third-order valence-corrected chi connectivity index (χ3v) is 4.15. The molecule has 2 aromatic rings. The molecule has 0 amide bonds. The molecule has 1 aromatic carbocycles. The van der Waals surface area contributed by atoms with E-state index < -0.39 is 0 Å². The van der Waals surface area contributed by atoms with Gasteiger partial charge in [0.25, 0.3) is 5.56 Å². The van der Waals surface area contributed by atoms with Gasteiger partial charge in [0.05, 0.1) is 5.69 Å². The molecule has 0 aliphatic carbocycles. The van der Waals surface area contributed by atoms with Gasteiger partial charge in [0.2, 0.25) is 0 Å². The lowest BCUT2D eigenvalue weighted by Gasteiger charge is -2.15. The molecule has 1 heterocycles. The summed E-state index contributed by atoms with van der Waals surface area (Å²) in [4.78, 5) is 24.2. The van der Waals surface area contributed by atoms with Gasteiger partial charge < -0.3 is 5.11 Å². The fraction of sp³-hybridized carbons (Fsp3) is 0.250. The van der Waals surface area contributed by atoms with Crippen LogP contribution in [0.3, 0.4) is 0 Å². The lowest BCUT2D eigenvalue weighted by atomic mass is 10.0. The number of aryl methyl sites for hydroxylation is 2. The molecule has 0 unspecified atom stereocenters. The fourth-order valence-electron chi connectivity index (χ4n) is 2.22. The maximum absolute atomic E-state index is 12.4. The first-order valence-corrected chi connectivity index (χ1v) is 7.41. The smallest absolute Gasteiger partial charge is 0.273 e. The molecule has 1 aromatic heterocycles. The highest BCUT2D eigenvalue weighted by atomic mass is 79.9. The van der Waals surface area contributed by atoms with Crippen LogP contribution in [0.15, 0.2) is 33.5 Å². The maximum Gasteiger partial charge on any atom is 0.273 e. The molecule has 5 heteroatoms. The zero-order chi connectivity index (χ0) is 15.7. The Morgan fingerprint density at radius 3 is 2.57 bits per heavy atom. The molecular formula is C16H16BrNO3. The number of halogens is 1. The minimum absolute atomic E-state index is 0.0276. The van der Waals surface area contributed by atoms with E-state index in [9.17, 15) is 14.7 Å². The van der Waals surface area contributed by atoms with Crippen molar-refractivity contribution in [2.24, 2.45) is 0 Å². The number of nitrogens with zero attached hydrogens (tertiary/aromatic N) is 1. The predicted molar refractivity (Wildman–Crippen MR) is 85.5 cm³/mol. The Labute approximate surface area is 131 Å². The van der Waals surface area contributed by atoms with E-state index in [4.69, 9.17) is 0 Å². The molecule has 0 spiro atoms. The fourth-order valence-corrected chi connectivity index (χ4v) is 2.51. The van der Waals surface area contributed by atoms with E-state index >= 15 is 0 Å². The molecule has 110 valence electrons. The van der Waals surface area contributed by atoms with Crippen LogP contribution < -0.4 is 5.56 Å². The van der Waals surface area contributed by atoms with Gasteiger partial charge in [0.15, 0.2) is 5.78 Å². The van der Waals surface area contributed by atoms with Crippen molar-refractivity contribution in [1.82, 2.24) is 4.57 Å². The van der Waals surface area contributed by atoms with Gasteiger partial charge in [-0.05, 0) is 41.4 Å². The number of hydrogen-bond acceptors (Lipinski definition) is 3. The number of benzene rings is 1. The summed E-state index contributed by atoms with van der Waals surface area (Å²) >= 11 is 3.10. The molecular weight excluding hydrogens is 334 g/mol. The van der Waals surface area contributed by atoms with Crippen LogP contribution in [0, 0.1) is 13.8 Å². The summed E-state index contributed by atoms with van der Waals surface area (Å²) in [7, 11) is 0. The summed E-state index contributed by atoms with van der Waals surface area (Å²) in [5, 5.41) is 9.69. The molecule has 0 fully saturated rings. The van der Waals surface area contributed by atoms with Crippen molar-refractivity contribution in [3.8, 4) is 11.4 Å². The summed E-state index contributed by atoms with van der Waals surface area (Å²) in [5.41, 5.74) is 2.36. The van der Waals surface area contributed by atoms with E-state index in [1.807, 2.05) is 13.0 Å². The van der Waals surface area contributed by atoms with Gasteiger partial charge in [-0.3, -0.25) is 14.2 Å². The number of ketones is 1. The highest BCUT2D eigenvalue weighted by molar-refractivity contribution is 9.10. The Morgan fingerprint density at radius 2 is 1.95 bits per heavy atom. The summed E-state index contributed by atoms with van der Waals surface area (Å²) in [6.45, 7) is 5.42. The molecule has 0 radical (unpaired) electrons. The Morgan fingerprint density at radius 1 is 1.29 bits per heavy atom. The quantitative estimate of drug-likeness (QED) is 0.862. The number of aromatic nitrogens is 1. The van der Waals surface area contributed by atoms with E-state index in [2.05, 4.69) is 15.9 Å². The number of rotatable bonds is 3. The molecule has 0 aliphatic rings. The van der Waals surface area contributed by atoms with Gasteiger partial charge in [-0.25, -0.2) is 0 Å². The first kappa shape index (κ1) is 15.5. The van der Waals surface area contributed by atoms with Crippen LogP contribution in [-0.2, 0) is 0 Å². The van der Waals surface area contributed by atoms with Crippen molar-refractivity contribution in [3.05, 3.63) is 55.9 Å². The van der Waals surface area contributed by atoms with Crippen LogP contribution in [-0.4, -0.2) is 15.5 Å². The number of aromatic hydroxyl groups is 1. The van der Waals surface area contributed by atoms with E-state index in [0.717, 1.165) is 5.56 Å². The molecule has 0 atom stereocenters. The average molecular weight is 350 g/mol. The van der Waals surface area contributed by atoms with Crippen molar-refractivity contribution >= 4 is 21.7 Å². The molecule has 0 aliphatic heterocycles. The van der Waals surface area contributed by atoms with E-state index in [1.54, 1.807) is 26.0 Å². The maximum atomic E-state index is 12.4. The molecule has 0 saturated carbocycles. The standard InChI is InChI=1S/C16H16BrNO3/c1-4-13(19)11-6-5-9(2)12(8-11)18-10(3)7-14(20)15(17)16(18)21/h5-8,20H,4H2,1-3H3. The molecule has 21 heavy (non-hydrogen) atoms. The zero-order valence-corrected chi connectivity index (χ0v) is 13.7. The van der Waals surface area contributed by atoms with Crippen molar-refractivity contribution in [2.75, 3.05) is 0 Å². The van der Waals surface area contributed by atoms with E-state index in [1.165, 1.54) is 10.6 Å². The van der Waals surface area contributed by atoms with Crippen LogP contribution in [0.25, 0.3) is 5.69 Å². The minimum Gasteiger partial charge on any atom is -0.506 e. The summed E-state index contributed by atoms with van der Waals surface area (Å²) < 4.78 is 1.60. The lowest BCUT2D eigenvalue weighted by Crippen LogP contribution is -2.22. The van der Waals surface area contributed by atoms with Crippen molar-refractivity contribution in [2.45, 2.75) is 27.2 Å². The van der Waals surface area contributed by atoms with Crippen LogP contribution in [0.1, 0.15) is 35.0 Å². The number of pyridine rings is 1. The van der Waals surface area contributed by atoms with Gasteiger partial charge in [-0.2, -0.15) is 0 Å². The highest BCUT2D eigenvalue weighted by Gasteiger charge is 2.14. The number of carbonyl (C=O) groups is 1. The number of carbonyl (C=O) groups excluding carboxylic acids is 1. The number of hydrogen-bond donors (Lipinski definition) is 1. The van der Waals surface area contributed by atoms with E-state index in [0.29, 0.717) is 23.4 Å². The third kappa shape index (κ3) is 2.78. The normalized spacial score (nSPS) is 10.7. The molecule has 1 N–H and O–H groups in total. The number of Topliss-reactive ketones (excluding diaryl/α,β-unsaturated/α-hetero) is 1. The SMILES string of the molecule is CCC(=O)c1ccc(C)c(-n2c(C)cc(O)c(Br)c2=O)c1. The lowest BCUT2D eigenvalue weighted by molar-refractivity contribution is 0.0988. The minimum atomic E-state index is -0.350. The predicted octanol–water partition coefficient (Wildman–Crippen LogP) is 3.52. The van der Waals surface area contributed by atoms with Gasteiger partial charge in [-0.15, -0.1) is 0 Å². The monoisotopic (exact) mass is 349 g/mol. The highest BCUT2D eigenvalue weighted by Crippen LogP contribution is 2.24. The van der Waals surface area contributed by atoms with Gasteiger partial charge in [0.1, 0.15) is 10.2 Å². The zero-order valence-electron chi connectivity index (χ0n) is 12.1. The Hall–Kier alpha value is -1.88. The summed E-state index contributed by atoms with van der Waals surface area (Å²) in [6, 6.07) is 6.82. The Kier molecular flexibility index (Phi) is 4.32. The second-order valence-corrected chi connectivity index (χ2v) is 5.70. The second kappa shape index (κ2) is 5.85. The van der Waals surface area contributed by atoms with Crippen LogP contribution in [0.4, 0.5) is 0 Å². The average Bonchev–Trinajstić information content (AvgIpc) is 2.46. The largest absolute Gasteiger partial charge is 0.506 e. The summed E-state index contributed by atoms with van der Waals surface area (Å²) in [5.74, 6) is -0.0630. The van der Waals surface area contributed by atoms with Crippen molar-refractivity contribution < 1.29 is 9.90 Å². The topological polar surface area (TPSA) is 59.3 Å². The molecule has 0 bridgehead atoms. The molecule has 2 rings (SSSR count). The first-order chi connectivity index (χ1) is 9.86. The Bertz CT molecular complexity index is 778. The third-order valence-electron chi connectivity index (χ3n) is 3.41. The Balaban J connectivity index is 2.76. The summed E-state index contributed by atoms with van der Waals surface area (Å²) in [6.07, 6.45) is 0.412. The van der Waals surface area contributed by atoms with Crippen LogP contribution >= 0.6 is 15.9 Å². The van der Waals surface area contributed by atoms with Gasteiger partial charge in [-0.1, -0.05) is 19.1 Å². The van der Waals surface area contributed by atoms with Gasteiger partial charge in [0, 0.05) is 23.7 Å². The molecule has 0 saturated heterocycles. The van der Waals surface area contributed by atoms with Crippen molar-refractivity contribution in [1.29, 1.82) is 0 Å².